The Morgan fingerprint density at radius 2 is 2.12 bits per heavy atom. The van der Waals surface area contributed by atoms with E-state index in [0.717, 1.165) is 29.2 Å². The number of thiazole rings is 1. The van der Waals surface area contributed by atoms with Crippen LogP contribution in [0.15, 0.2) is 23.7 Å². The van der Waals surface area contributed by atoms with Crippen molar-refractivity contribution < 1.29 is 0 Å². The number of benzene rings is 1. The lowest BCUT2D eigenvalue weighted by Gasteiger charge is -2.19. The fourth-order valence-corrected chi connectivity index (χ4v) is 2.48. The summed E-state index contributed by atoms with van der Waals surface area (Å²) in [4.78, 5) is 7.75. The van der Waals surface area contributed by atoms with E-state index in [9.17, 15) is 0 Å². The van der Waals surface area contributed by atoms with Gasteiger partial charge in [-0.15, -0.1) is 11.3 Å². The van der Waals surface area contributed by atoms with Crippen molar-refractivity contribution in [1.82, 2.24) is 4.98 Å². The van der Waals surface area contributed by atoms with E-state index in [2.05, 4.69) is 29.1 Å². The molecule has 0 radical (unpaired) electrons. The Labute approximate surface area is 106 Å². The average molecular weight is 247 g/mol. The van der Waals surface area contributed by atoms with Gasteiger partial charge in [-0.2, -0.15) is 0 Å². The van der Waals surface area contributed by atoms with Crippen LogP contribution in [0.5, 0.6) is 0 Å². The van der Waals surface area contributed by atoms with Gasteiger partial charge in [0.15, 0.2) is 0 Å². The summed E-state index contributed by atoms with van der Waals surface area (Å²) < 4.78 is 0. The quantitative estimate of drug-likeness (QED) is 0.848. The Bertz CT molecular complexity index is 519. The van der Waals surface area contributed by atoms with E-state index >= 15 is 0 Å². The Morgan fingerprint density at radius 1 is 1.35 bits per heavy atom. The third-order valence-corrected chi connectivity index (χ3v) is 3.85. The van der Waals surface area contributed by atoms with Crippen molar-refractivity contribution in [2.45, 2.75) is 20.4 Å². The van der Waals surface area contributed by atoms with Crippen molar-refractivity contribution in [3.63, 3.8) is 0 Å². The highest BCUT2D eigenvalue weighted by Gasteiger charge is 2.07. The van der Waals surface area contributed by atoms with Crippen LogP contribution in [0.4, 0.5) is 11.4 Å². The molecule has 0 aliphatic carbocycles. The van der Waals surface area contributed by atoms with Crippen molar-refractivity contribution in [2.75, 3.05) is 17.7 Å². The second kappa shape index (κ2) is 4.75. The normalized spacial score (nSPS) is 10.5. The van der Waals surface area contributed by atoms with Crippen LogP contribution < -0.4 is 10.6 Å². The minimum atomic E-state index is 0.843. The van der Waals surface area contributed by atoms with Gasteiger partial charge in [-0.1, -0.05) is 6.07 Å². The molecule has 0 amide bonds. The summed E-state index contributed by atoms with van der Waals surface area (Å²) in [7, 11) is 2.07. The zero-order valence-electron chi connectivity index (χ0n) is 10.4. The third kappa shape index (κ3) is 2.58. The number of rotatable bonds is 3. The number of aromatic nitrogens is 1. The maximum Gasteiger partial charge on any atom is 0.0798 e. The summed E-state index contributed by atoms with van der Waals surface area (Å²) in [6.45, 7) is 4.94. The SMILES string of the molecule is Cc1ccc(N(C)Cc2scnc2C)cc1N. The molecule has 90 valence electrons. The van der Waals surface area contributed by atoms with Gasteiger partial charge in [0, 0.05) is 23.3 Å². The highest BCUT2D eigenvalue weighted by molar-refractivity contribution is 7.09. The van der Waals surface area contributed by atoms with Crippen molar-refractivity contribution >= 4 is 22.7 Å². The number of nitrogen functional groups attached to an aromatic ring is 1. The van der Waals surface area contributed by atoms with E-state index in [-0.39, 0.29) is 0 Å². The summed E-state index contributed by atoms with van der Waals surface area (Å²) in [6, 6.07) is 6.18. The molecule has 0 spiro atoms. The number of aryl methyl sites for hydroxylation is 2. The zero-order valence-corrected chi connectivity index (χ0v) is 11.2. The molecule has 2 N–H and O–H groups in total. The van der Waals surface area contributed by atoms with E-state index < -0.39 is 0 Å². The molecule has 0 fully saturated rings. The van der Waals surface area contributed by atoms with Crippen LogP contribution in [-0.4, -0.2) is 12.0 Å². The van der Waals surface area contributed by atoms with Crippen LogP contribution in [0.3, 0.4) is 0 Å². The Morgan fingerprint density at radius 3 is 2.71 bits per heavy atom. The molecule has 0 saturated carbocycles. The van der Waals surface area contributed by atoms with Crippen LogP contribution >= 0.6 is 11.3 Å². The van der Waals surface area contributed by atoms with Crippen molar-refractivity contribution in [3.8, 4) is 0 Å². The highest BCUT2D eigenvalue weighted by atomic mass is 32.1. The number of nitrogens with two attached hydrogens (primary N) is 1. The van der Waals surface area contributed by atoms with Gasteiger partial charge in [0.05, 0.1) is 17.7 Å². The molecule has 0 atom stereocenters. The second-order valence-electron chi connectivity index (χ2n) is 4.26. The molecule has 2 aromatic rings. The molecule has 17 heavy (non-hydrogen) atoms. The van der Waals surface area contributed by atoms with Gasteiger partial charge in [-0.25, -0.2) is 4.98 Å². The Hall–Kier alpha value is -1.55. The number of anilines is 2. The summed E-state index contributed by atoms with van der Waals surface area (Å²) in [5.74, 6) is 0. The van der Waals surface area contributed by atoms with E-state index in [1.807, 2.05) is 25.4 Å². The highest BCUT2D eigenvalue weighted by Crippen LogP contribution is 2.23. The second-order valence-corrected chi connectivity index (χ2v) is 5.20. The molecule has 0 bridgehead atoms. The summed E-state index contributed by atoms with van der Waals surface area (Å²) in [5, 5.41) is 0. The largest absolute Gasteiger partial charge is 0.398 e. The number of hydrogen-bond acceptors (Lipinski definition) is 4. The minimum Gasteiger partial charge on any atom is -0.398 e. The first-order valence-electron chi connectivity index (χ1n) is 5.54. The molecule has 4 heteroatoms. The van der Waals surface area contributed by atoms with E-state index in [4.69, 9.17) is 5.73 Å². The fourth-order valence-electron chi connectivity index (χ4n) is 1.65. The Kier molecular flexibility index (Phi) is 3.33. The molecule has 0 aliphatic rings. The fraction of sp³-hybridized carbons (Fsp3) is 0.308. The van der Waals surface area contributed by atoms with Gasteiger partial charge >= 0.3 is 0 Å². The topological polar surface area (TPSA) is 42.2 Å². The van der Waals surface area contributed by atoms with Gasteiger partial charge in [-0.05, 0) is 31.5 Å². The molecule has 2 rings (SSSR count). The van der Waals surface area contributed by atoms with E-state index in [0.29, 0.717) is 0 Å². The minimum absolute atomic E-state index is 0.843. The lowest BCUT2D eigenvalue weighted by atomic mass is 10.2. The zero-order chi connectivity index (χ0) is 12.4. The van der Waals surface area contributed by atoms with Gasteiger partial charge < -0.3 is 10.6 Å². The van der Waals surface area contributed by atoms with Crippen molar-refractivity contribution in [3.05, 3.63) is 39.8 Å². The molecule has 0 aliphatic heterocycles. The first-order valence-corrected chi connectivity index (χ1v) is 6.42. The molecule has 1 aromatic carbocycles. The standard InChI is InChI=1S/C13H17N3S/c1-9-4-5-11(6-12(9)14)16(3)7-13-10(2)15-8-17-13/h4-6,8H,7,14H2,1-3H3. The molecule has 0 saturated heterocycles. The average Bonchev–Trinajstić information content (AvgIpc) is 2.68. The summed E-state index contributed by atoms with van der Waals surface area (Å²) >= 11 is 1.70. The van der Waals surface area contributed by atoms with Crippen LogP contribution in [0.25, 0.3) is 0 Å². The lowest BCUT2D eigenvalue weighted by Crippen LogP contribution is -2.16. The van der Waals surface area contributed by atoms with Crippen LogP contribution in [0, 0.1) is 13.8 Å². The molecular weight excluding hydrogens is 230 g/mol. The van der Waals surface area contributed by atoms with E-state index in [1.54, 1.807) is 11.3 Å². The van der Waals surface area contributed by atoms with Gasteiger partial charge in [-0.3, -0.25) is 0 Å². The Balaban J connectivity index is 2.17. The summed E-state index contributed by atoms with van der Waals surface area (Å²) in [6.07, 6.45) is 0. The molecule has 1 heterocycles. The van der Waals surface area contributed by atoms with Crippen molar-refractivity contribution in [2.24, 2.45) is 0 Å². The van der Waals surface area contributed by atoms with Gasteiger partial charge in [0.1, 0.15) is 0 Å². The number of nitrogens with zero attached hydrogens (tertiary/aromatic N) is 2. The molecule has 1 aromatic heterocycles. The predicted octanol–water partition coefficient (Wildman–Crippen LogP) is 2.98. The van der Waals surface area contributed by atoms with Crippen LogP contribution in [0.1, 0.15) is 16.1 Å². The maximum atomic E-state index is 5.93. The third-order valence-electron chi connectivity index (χ3n) is 2.93. The first-order chi connectivity index (χ1) is 8.08. The van der Waals surface area contributed by atoms with Crippen LogP contribution in [-0.2, 0) is 6.54 Å². The van der Waals surface area contributed by atoms with Crippen LogP contribution in [0.2, 0.25) is 0 Å². The van der Waals surface area contributed by atoms with Gasteiger partial charge in [0.2, 0.25) is 0 Å². The summed E-state index contributed by atoms with van der Waals surface area (Å²) in [5.41, 5.74) is 12.0. The smallest absolute Gasteiger partial charge is 0.0798 e. The monoisotopic (exact) mass is 247 g/mol. The van der Waals surface area contributed by atoms with Gasteiger partial charge in [0.25, 0.3) is 0 Å². The maximum absolute atomic E-state index is 5.93. The van der Waals surface area contributed by atoms with E-state index in [1.165, 1.54) is 4.88 Å². The lowest BCUT2D eigenvalue weighted by molar-refractivity contribution is 0.926. The molecular formula is C13H17N3S. The molecule has 0 unspecified atom stereocenters. The number of hydrogen-bond donors (Lipinski definition) is 1. The molecule has 3 nitrogen and oxygen atoms in total. The predicted molar refractivity (Wildman–Crippen MR) is 74.5 cm³/mol. The van der Waals surface area contributed by atoms with Crippen molar-refractivity contribution in [1.29, 1.82) is 0 Å². The first kappa shape index (κ1) is 11.9.